The molecule has 2 amide bonds. The lowest BCUT2D eigenvalue weighted by molar-refractivity contribution is 0.247. The zero-order valence-electron chi connectivity index (χ0n) is 15.6. The summed E-state index contributed by atoms with van der Waals surface area (Å²) in [4.78, 5) is 16.7. The van der Waals surface area contributed by atoms with Crippen LogP contribution in [-0.4, -0.2) is 37.1 Å². The number of aromatic nitrogens is 1. The van der Waals surface area contributed by atoms with Crippen molar-refractivity contribution in [2.75, 3.05) is 24.8 Å². The van der Waals surface area contributed by atoms with Crippen LogP contribution >= 0.6 is 0 Å². The molecule has 0 saturated heterocycles. The summed E-state index contributed by atoms with van der Waals surface area (Å²) in [6.45, 7) is 0. The van der Waals surface area contributed by atoms with Gasteiger partial charge in [0.15, 0.2) is 0 Å². The summed E-state index contributed by atoms with van der Waals surface area (Å²) in [6, 6.07) is 11.8. The minimum Gasteiger partial charge on any atom is -0.481 e. The van der Waals surface area contributed by atoms with Crippen LogP contribution in [-0.2, 0) is 4.74 Å². The summed E-state index contributed by atoms with van der Waals surface area (Å²) in [5.74, 6) is 0.764. The van der Waals surface area contributed by atoms with E-state index in [1.54, 1.807) is 13.1 Å². The number of rotatable bonds is 5. The molecule has 4 N–H and O–H groups in total. The van der Waals surface area contributed by atoms with Gasteiger partial charge < -0.3 is 15.4 Å². The third-order valence-corrected chi connectivity index (χ3v) is 4.92. The number of methoxy groups -OCH3 is 1. The molecule has 3 rings (SSSR count). The van der Waals surface area contributed by atoms with Crippen molar-refractivity contribution in [3.63, 3.8) is 0 Å². The number of hydrogen-bond donors (Lipinski definition) is 4. The summed E-state index contributed by atoms with van der Waals surface area (Å²) in [6.07, 6.45) is 4.65. The molecule has 1 aromatic heterocycles. The first-order chi connectivity index (χ1) is 13.1. The highest BCUT2D eigenvalue weighted by Gasteiger charge is 2.29. The van der Waals surface area contributed by atoms with E-state index in [4.69, 9.17) is 10.1 Å². The lowest BCUT2D eigenvalue weighted by Gasteiger charge is -2.21. The van der Waals surface area contributed by atoms with Crippen LogP contribution in [0.3, 0.4) is 0 Å². The van der Waals surface area contributed by atoms with Gasteiger partial charge in [0.2, 0.25) is 5.90 Å². The zero-order valence-corrected chi connectivity index (χ0v) is 15.6. The van der Waals surface area contributed by atoms with Crippen molar-refractivity contribution in [3.05, 3.63) is 53.7 Å². The first-order valence-electron chi connectivity index (χ1n) is 9.05. The summed E-state index contributed by atoms with van der Waals surface area (Å²) < 4.78 is 4.95. The number of nitrogens with zero attached hydrogens (tertiary/aromatic N) is 1. The number of ether oxygens (including phenoxy) is 1. The Balaban J connectivity index is 1.66. The van der Waals surface area contributed by atoms with Crippen molar-refractivity contribution >= 4 is 23.4 Å². The van der Waals surface area contributed by atoms with Crippen molar-refractivity contribution in [1.29, 1.82) is 5.41 Å². The molecule has 0 radical (unpaired) electrons. The molecular formula is C20H25N5O2. The average Bonchev–Trinajstić information content (AvgIpc) is 3.15. The highest BCUT2D eigenvalue weighted by Crippen LogP contribution is 2.34. The number of amides is 2. The van der Waals surface area contributed by atoms with Gasteiger partial charge in [-0.25, -0.2) is 9.78 Å². The second kappa shape index (κ2) is 8.53. The van der Waals surface area contributed by atoms with E-state index < -0.39 is 0 Å². The van der Waals surface area contributed by atoms with Crippen LogP contribution in [0, 0.1) is 5.41 Å². The monoisotopic (exact) mass is 367 g/mol. The molecule has 7 heteroatoms. The molecule has 1 aliphatic rings. The first kappa shape index (κ1) is 18.7. The third kappa shape index (κ3) is 4.36. The molecule has 2 atom stereocenters. The Morgan fingerprint density at radius 2 is 2.04 bits per heavy atom. The number of urea groups is 1. The van der Waals surface area contributed by atoms with Gasteiger partial charge in [-0.05, 0) is 18.4 Å². The SMILES string of the molecule is CNc1cc(NC(=O)NC2CCCC2c2ccccc2)ncc1C(=N)OC. The van der Waals surface area contributed by atoms with Crippen LogP contribution < -0.4 is 16.0 Å². The van der Waals surface area contributed by atoms with Gasteiger partial charge in [0, 0.05) is 31.3 Å². The number of benzene rings is 1. The van der Waals surface area contributed by atoms with Gasteiger partial charge in [-0.1, -0.05) is 36.8 Å². The standard InChI is InChI=1S/C20H25N5O2/c1-22-17-11-18(23-12-15(17)19(21)27-2)25-20(26)24-16-10-6-9-14(16)13-7-4-3-5-8-13/h3-5,7-8,11-12,14,16,21H,6,9-10H2,1-2H3,(H3,22,23,24,25,26). The summed E-state index contributed by atoms with van der Waals surface area (Å²) in [5.41, 5.74) is 2.46. The minimum absolute atomic E-state index is 0.0134. The van der Waals surface area contributed by atoms with Crippen LogP contribution in [0.2, 0.25) is 0 Å². The number of carbonyl (C=O) groups excluding carboxylic acids is 1. The molecule has 1 aliphatic carbocycles. The van der Waals surface area contributed by atoms with Crippen LogP contribution in [0.4, 0.5) is 16.3 Å². The van der Waals surface area contributed by atoms with Gasteiger partial charge in [-0.2, -0.15) is 0 Å². The highest BCUT2D eigenvalue weighted by atomic mass is 16.5. The van der Waals surface area contributed by atoms with Gasteiger partial charge in [0.05, 0.1) is 18.4 Å². The molecule has 0 bridgehead atoms. The second-order valence-corrected chi connectivity index (χ2v) is 6.55. The molecule has 1 aromatic carbocycles. The Kier molecular flexibility index (Phi) is 5.90. The quantitative estimate of drug-likeness (QED) is 0.480. The number of nitrogens with one attached hydrogen (secondary N) is 4. The maximum atomic E-state index is 12.5. The maximum absolute atomic E-state index is 12.5. The minimum atomic E-state index is -0.271. The lowest BCUT2D eigenvalue weighted by Crippen LogP contribution is -2.39. The van der Waals surface area contributed by atoms with E-state index in [9.17, 15) is 4.79 Å². The fraction of sp³-hybridized carbons (Fsp3) is 0.350. The molecule has 0 aliphatic heterocycles. The Morgan fingerprint density at radius 3 is 2.74 bits per heavy atom. The van der Waals surface area contributed by atoms with Gasteiger partial charge in [0.1, 0.15) is 5.82 Å². The molecule has 7 nitrogen and oxygen atoms in total. The smallest absolute Gasteiger partial charge is 0.320 e. The lowest BCUT2D eigenvalue weighted by atomic mass is 9.94. The number of anilines is 2. The summed E-state index contributed by atoms with van der Waals surface area (Å²) in [5, 5.41) is 16.7. The highest BCUT2D eigenvalue weighted by molar-refractivity contribution is 5.98. The normalized spacial score (nSPS) is 18.6. The number of carbonyl (C=O) groups is 1. The topological polar surface area (TPSA) is 99.1 Å². The van der Waals surface area contributed by atoms with Crippen LogP contribution in [0.1, 0.15) is 36.3 Å². The molecule has 27 heavy (non-hydrogen) atoms. The first-order valence-corrected chi connectivity index (χ1v) is 9.05. The van der Waals surface area contributed by atoms with Crippen molar-refractivity contribution in [2.24, 2.45) is 0 Å². The van der Waals surface area contributed by atoms with Crippen molar-refractivity contribution < 1.29 is 9.53 Å². The molecule has 2 unspecified atom stereocenters. The number of pyridine rings is 1. The molecule has 2 aromatic rings. The predicted octanol–water partition coefficient (Wildman–Crippen LogP) is 3.55. The van der Waals surface area contributed by atoms with Crippen molar-refractivity contribution in [1.82, 2.24) is 10.3 Å². The van der Waals surface area contributed by atoms with E-state index in [2.05, 4.69) is 33.1 Å². The number of hydrogen-bond acceptors (Lipinski definition) is 5. The second-order valence-electron chi connectivity index (χ2n) is 6.55. The molecule has 1 heterocycles. The predicted molar refractivity (Wildman–Crippen MR) is 107 cm³/mol. The molecule has 0 spiro atoms. The molecular weight excluding hydrogens is 342 g/mol. The molecule has 1 fully saturated rings. The fourth-order valence-electron chi connectivity index (χ4n) is 3.57. The third-order valence-electron chi connectivity index (χ3n) is 4.92. The Bertz CT molecular complexity index is 809. The molecule has 1 saturated carbocycles. The van der Waals surface area contributed by atoms with Crippen molar-refractivity contribution in [2.45, 2.75) is 31.2 Å². The average molecular weight is 367 g/mol. The zero-order chi connectivity index (χ0) is 19.2. The van der Waals surface area contributed by atoms with Crippen molar-refractivity contribution in [3.8, 4) is 0 Å². The Morgan fingerprint density at radius 1 is 1.26 bits per heavy atom. The van der Waals surface area contributed by atoms with Gasteiger partial charge >= 0.3 is 6.03 Å². The van der Waals surface area contributed by atoms with Gasteiger partial charge in [-0.3, -0.25) is 10.7 Å². The Hall–Kier alpha value is -3.09. The van der Waals surface area contributed by atoms with E-state index >= 15 is 0 Å². The summed E-state index contributed by atoms with van der Waals surface area (Å²) in [7, 11) is 3.18. The Labute approximate surface area is 159 Å². The summed E-state index contributed by atoms with van der Waals surface area (Å²) >= 11 is 0. The van der Waals surface area contributed by atoms with Crippen LogP contribution in [0.25, 0.3) is 0 Å². The van der Waals surface area contributed by atoms with E-state index in [0.717, 1.165) is 19.3 Å². The molecule has 142 valence electrons. The largest absolute Gasteiger partial charge is 0.481 e. The van der Waals surface area contributed by atoms with E-state index in [1.165, 1.54) is 18.9 Å². The van der Waals surface area contributed by atoms with Crippen LogP contribution in [0.15, 0.2) is 42.6 Å². The van der Waals surface area contributed by atoms with E-state index in [-0.39, 0.29) is 18.0 Å². The van der Waals surface area contributed by atoms with Gasteiger partial charge in [-0.15, -0.1) is 0 Å². The van der Waals surface area contributed by atoms with E-state index in [0.29, 0.717) is 23.0 Å². The van der Waals surface area contributed by atoms with Gasteiger partial charge in [0.25, 0.3) is 0 Å². The fourth-order valence-corrected chi connectivity index (χ4v) is 3.57. The van der Waals surface area contributed by atoms with E-state index in [1.807, 2.05) is 18.2 Å². The maximum Gasteiger partial charge on any atom is 0.320 e. The van der Waals surface area contributed by atoms with Crippen LogP contribution in [0.5, 0.6) is 0 Å².